The Morgan fingerprint density at radius 1 is 0.939 bits per heavy atom. The number of aryl methyl sites for hydroxylation is 1. The third-order valence-electron chi connectivity index (χ3n) is 4.45. The first-order valence-electron chi connectivity index (χ1n) is 9.86. The van der Waals surface area contributed by atoms with Crippen molar-refractivity contribution in [2.45, 2.75) is 13.3 Å². The van der Waals surface area contributed by atoms with E-state index < -0.39 is 17.8 Å². The molecule has 33 heavy (non-hydrogen) atoms. The summed E-state index contributed by atoms with van der Waals surface area (Å²) in [5.41, 5.74) is 4.59. The van der Waals surface area contributed by atoms with E-state index >= 15 is 0 Å². The molecule has 0 saturated heterocycles. The second-order valence-electron chi connectivity index (χ2n) is 6.79. The number of nitrogens with zero attached hydrogens (tertiary/aromatic N) is 1. The molecule has 0 aromatic heterocycles. The van der Waals surface area contributed by atoms with Crippen LogP contribution in [0.5, 0.6) is 5.75 Å². The molecule has 0 fully saturated rings. The molecule has 0 heterocycles. The largest absolute Gasteiger partial charge is 0.423 e. The average Bonchev–Trinajstić information content (AvgIpc) is 2.80. The predicted molar refractivity (Wildman–Crippen MR) is 128 cm³/mol. The molecule has 0 spiro atoms. The molecule has 3 aromatic carbocycles. The zero-order chi connectivity index (χ0) is 23.8. The van der Waals surface area contributed by atoms with Crippen molar-refractivity contribution in [2.24, 2.45) is 5.10 Å². The molecular weight excluding hydrogens is 465 g/mol. The number of benzene rings is 3. The zero-order valence-electron chi connectivity index (χ0n) is 17.5. The summed E-state index contributed by atoms with van der Waals surface area (Å²) in [6.07, 6.45) is 2.23. The fourth-order valence-corrected chi connectivity index (χ4v) is 3.15. The number of carbonyl (C=O) groups is 3. The molecule has 7 nitrogen and oxygen atoms in total. The third kappa shape index (κ3) is 6.90. The third-order valence-corrected chi connectivity index (χ3v) is 5.00. The Morgan fingerprint density at radius 3 is 2.27 bits per heavy atom. The Hall–Kier alpha value is -3.68. The van der Waals surface area contributed by atoms with Crippen LogP contribution in [0.25, 0.3) is 0 Å². The van der Waals surface area contributed by atoms with E-state index in [1.165, 1.54) is 18.3 Å². The summed E-state index contributed by atoms with van der Waals surface area (Å²) in [7, 11) is 0. The van der Waals surface area contributed by atoms with Gasteiger partial charge in [0, 0.05) is 10.7 Å². The van der Waals surface area contributed by atoms with Gasteiger partial charge in [0.25, 0.3) is 0 Å². The van der Waals surface area contributed by atoms with Crippen molar-refractivity contribution in [3.05, 3.63) is 93.5 Å². The molecule has 168 valence electrons. The maximum atomic E-state index is 12.2. The maximum Gasteiger partial charge on any atom is 0.345 e. The molecule has 0 aliphatic rings. The molecule has 3 rings (SSSR count). The first kappa shape index (κ1) is 24.0. The van der Waals surface area contributed by atoms with Gasteiger partial charge in [-0.15, -0.1) is 0 Å². The number of ether oxygens (including phenoxy) is 1. The van der Waals surface area contributed by atoms with Gasteiger partial charge in [-0.25, -0.2) is 10.2 Å². The van der Waals surface area contributed by atoms with Gasteiger partial charge in [0.1, 0.15) is 5.75 Å². The summed E-state index contributed by atoms with van der Waals surface area (Å²) < 4.78 is 5.29. The fraction of sp³-hybridized carbons (Fsp3) is 0.0833. The Bertz CT molecular complexity index is 1190. The molecular formula is C24H19Cl2N3O4. The van der Waals surface area contributed by atoms with Gasteiger partial charge in [0.2, 0.25) is 0 Å². The molecule has 0 aliphatic heterocycles. The minimum atomic E-state index is -0.906. The molecule has 2 N–H and O–H groups in total. The molecule has 0 atom stereocenters. The van der Waals surface area contributed by atoms with Gasteiger partial charge in [0.05, 0.1) is 16.8 Å². The smallest absolute Gasteiger partial charge is 0.345 e. The molecule has 2 amide bonds. The molecule has 0 saturated carbocycles. The standard InChI is InChI=1S/C24H19Cl2N3O4/c1-2-15-3-8-18(9-4-15)28-22(30)23(31)29-27-14-16-5-10-19(11-6-16)33-24(32)20-12-7-17(25)13-21(20)26/h3-14H,2H2,1H3,(H,28,30)(H,29,31)/b27-14+. The number of halogens is 2. The Labute approximate surface area is 200 Å². The highest BCUT2D eigenvalue weighted by atomic mass is 35.5. The molecule has 0 radical (unpaired) electrons. The molecule has 9 heteroatoms. The highest BCUT2D eigenvalue weighted by Gasteiger charge is 2.14. The topological polar surface area (TPSA) is 96.9 Å². The van der Waals surface area contributed by atoms with Crippen LogP contribution < -0.4 is 15.5 Å². The average molecular weight is 484 g/mol. The lowest BCUT2D eigenvalue weighted by Crippen LogP contribution is -2.32. The van der Waals surface area contributed by atoms with Gasteiger partial charge in [-0.2, -0.15) is 5.10 Å². The Balaban J connectivity index is 1.51. The van der Waals surface area contributed by atoms with E-state index in [1.807, 2.05) is 19.1 Å². The lowest BCUT2D eigenvalue weighted by atomic mass is 10.1. The summed E-state index contributed by atoms with van der Waals surface area (Å²) in [5, 5.41) is 6.87. The maximum absolute atomic E-state index is 12.2. The highest BCUT2D eigenvalue weighted by molar-refractivity contribution is 6.39. The summed E-state index contributed by atoms with van der Waals surface area (Å²) in [4.78, 5) is 36.1. The van der Waals surface area contributed by atoms with E-state index in [9.17, 15) is 14.4 Å². The number of carbonyl (C=O) groups excluding carboxylic acids is 3. The lowest BCUT2D eigenvalue weighted by molar-refractivity contribution is -0.136. The first-order chi connectivity index (χ1) is 15.9. The number of hydrogen-bond donors (Lipinski definition) is 2. The number of rotatable bonds is 6. The van der Waals surface area contributed by atoms with E-state index in [4.69, 9.17) is 27.9 Å². The van der Waals surface area contributed by atoms with Crippen molar-refractivity contribution in [1.29, 1.82) is 0 Å². The number of anilines is 1. The number of hydrogen-bond acceptors (Lipinski definition) is 5. The first-order valence-corrected chi connectivity index (χ1v) is 10.6. The van der Waals surface area contributed by atoms with Crippen molar-refractivity contribution < 1.29 is 19.1 Å². The van der Waals surface area contributed by atoms with Crippen LogP contribution in [0.15, 0.2) is 71.8 Å². The summed E-state index contributed by atoms with van der Waals surface area (Å²) in [6.45, 7) is 2.02. The number of hydrazone groups is 1. The predicted octanol–water partition coefficient (Wildman–Crippen LogP) is 4.86. The van der Waals surface area contributed by atoms with Crippen LogP contribution in [0.2, 0.25) is 10.0 Å². The van der Waals surface area contributed by atoms with Gasteiger partial charge in [-0.3, -0.25) is 9.59 Å². The highest BCUT2D eigenvalue weighted by Crippen LogP contribution is 2.23. The van der Waals surface area contributed by atoms with Crippen LogP contribution in [0.1, 0.15) is 28.4 Å². The van der Waals surface area contributed by atoms with Gasteiger partial charge in [0.15, 0.2) is 0 Å². The van der Waals surface area contributed by atoms with Gasteiger partial charge in [-0.05, 0) is 72.1 Å². The zero-order valence-corrected chi connectivity index (χ0v) is 19.0. The van der Waals surface area contributed by atoms with Crippen LogP contribution in [0.3, 0.4) is 0 Å². The quantitative estimate of drug-likeness (QED) is 0.172. The van der Waals surface area contributed by atoms with Crippen molar-refractivity contribution in [1.82, 2.24) is 5.43 Å². The van der Waals surface area contributed by atoms with Crippen LogP contribution in [-0.2, 0) is 16.0 Å². The number of amides is 2. The van der Waals surface area contributed by atoms with Crippen LogP contribution in [0, 0.1) is 0 Å². The normalized spacial score (nSPS) is 10.6. The van der Waals surface area contributed by atoms with Gasteiger partial charge >= 0.3 is 17.8 Å². The molecule has 3 aromatic rings. The Morgan fingerprint density at radius 2 is 1.64 bits per heavy atom. The minimum absolute atomic E-state index is 0.189. The number of esters is 1. The number of nitrogens with one attached hydrogen (secondary N) is 2. The van der Waals surface area contributed by atoms with E-state index in [-0.39, 0.29) is 10.6 Å². The summed E-state index contributed by atoms with van der Waals surface area (Å²) >= 11 is 11.8. The van der Waals surface area contributed by atoms with Crippen LogP contribution in [0.4, 0.5) is 5.69 Å². The second-order valence-corrected chi connectivity index (χ2v) is 7.63. The molecule has 0 unspecified atom stereocenters. The Kier molecular flexibility index (Phi) is 8.18. The van der Waals surface area contributed by atoms with E-state index in [1.54, 1.807) is 42.5 Å². The van der Waals surface area contributed by atoms with Crippen molar-refractivity contribution in [3.63, 3.8) is 0 Å². The van der Waals surface area contributed by atoms with Crippen molar-refractivity contribution in [2.75, 3.05) is 5.32 Å². The van der Waals surface area contributed by atoms with Crippen LogP contribution >= 0.6 is 23.2 Å². The van der Waals surface area contributed by atoms with E-state index in [0.29, 0.717) is 22.0 Å². The van der Waals surface area contributed by atoms with E-state index in [2.05, 4.69) is 15.8 Å². The van der Waals surface area contributed by atoms with E-state index in [0.717, 1.165) is 12.0 Å². The van der Waals surface area contributed by atoms with Crippen LogP contribution in [-0.4, -0.2) is 24.0 Å². The van der Waals surface area contributed by atoms with Crippen molar-refractivity contribution >= 4 is 52.9 Å². The molecule has 0 aliphatic carbocycles. The minimum Gasteiger partial charge on any atom is -0.423 e. The molecule has 0 bridgehead atoms. The van der Waals surface area contributed by atoms with Gasteiger partial charge in [-0.1, -0.05) is 42.3 Å². The lowest BCUT2D eigenvalue weighted by Gasteiger charge is -2.06. The van der Waals surface area contributed by atoms with Crippen molar-refractivity contribution in [3.8, 4) is 5.75 Å². The SMILES string of the molecule is CCc1ccc(NC(=O)C(=O)N/N=C/c2ccc(OC(=O)c3ccc(Cl)cc3Cl)cc2)cc1. The van der Waals surface area contributed by atoms with Gasteiger partial charge < -0.3 is 10.1 Å². The summed E-state index contributed by atoms with van der Waals surface area (Å²) in [5.74, 6) is -2.07. The summed E-state index contributed by atoms with van der Waals surface area (Å²) in [6, 6.07) is 18.0. The monoisotopic (exact) mass is 483 g/mol. The fourth-order valence-electron chi connectivity index (χ4n) is 2.67. The second kappa shape index (κ2) is 11.3.